The van der Waals surface area contributed by atoms with Crippen LogP contribution in [0.1, 0.15) is 29.0 Å². The number of halogens is 1. The highest BCUT2D eigenvalue weighted by atomic mass is 32.2. The van der Waals surface area contributed by atoms with Crippen molar-refractivity contribution in [2.24, 2.45) is 0 Å². The van der Waals surface area contributed by atoms with E-state index in [1.807, 2.05) is 30.3 Å². The van der Waals surface area contributed by atoms with E-state index in [1.165, 1.54) is 23.9 Å². The SMILES string of the molecule is O=C1CC(c2ccccc2)c2c(nc(SCc3ccc(F)cc3)[nH]c2=O)N1. The van der Waals surface area contributed by atoms with Crippen molar-refractivity contribution in [3.8, 4) is 0 Å². The van der Waals surface area contributed by atoms with Gasteiger partial charge < -0.3 is 10.3 Å². The molecule has 0 fully saturated rings. The van der Waals surface area contributed by atoms with E-state index in [1.54, 1.807) is 12.1 Å². The molecule has 1 atom stereocenters. The summed E-state index contributed by atoms with van der Waals surface area (Å²) in [6.07, 6.45) is 0.212. The first-order valence-corrected chi connectivity index (χ1v) is 9.45. The van der Waals surface area contributed by atoms with Gasteiger partial charge >= 0.3 is 0 Å². The Morgan fingerprint density at radius 1 is 1.07 bits per heavy atom. The second-order valence-corrected chi connectivity index (χ2v) is 7.23. The van der Waals surface area contributed by atoms with Gasteiger partial charge in [-0.2, -0.15) is 0 Å². The first kappa shape index (κ1) is 17.5. The predicted octanol–water partition coefficient (Wildman–Crippen LogP) is 3.68. The first-order chi connectivity index (χ1) is 13.1. The van der Waals surface area contributed by atoms with Crippen molar-refractivity contribution >= 4 is 23.5 Å². The number of H-pyrrole nitrogens is 1. The van der Waals surface area contributed by atoms with Crippen LogP contribution in [-0.2, 0) is 10.5 Å². The Kier molecular flexibility index (Phi) is 4.77. The number of anilines is 1. The lowest BCUT2D eigenvalue weighted by Crippen LogP contribution is -2.31. The number of hydrogen-bond donors (Lipinski definition) is 2. The van der Waals surface area contributed by atoms with Crippen LogP contribution in [0.3, 0.4) is 0 Å². The number of hydrogen-bond acceptors (Lipinski definition) is 4. The summed E-state index contributed by atoms with van der Waals surface area (Å²) in [7, 11) is 0. The molecule has 0 aliphatic carbocycles. The van der Waals surface area contributed by atoms with Crippen LogP contribution in [0.5, 0.6) is 0 Å². The summed E-state index contributed by atoms with van der Waals surface area (Å²) in [6, 6.07) is 15.6. The quantitative estimate of drug-likeness (QED) is 0.534. The maximum Gasteiger partial charge on any atom is 0.257 e. The molecule has 0 saturated carbocycles. The molecule has 27 heavy (non-hydrogen) atoms. The summed E-state index contributed by atoms with van der Waals surface area (Å²) >= 11 is 1.32. The van der Waals surface area contributed by atoms with Gasteiger partial charge in [0, 0.05) is 18.1 Å². The van der Waals surface area contributed by atoms with E-state index in [9.17, 15) is 14.0 Å². The normalized spacial score (nSPS) is 15.9. The fourth-order valence-corrected chi connectivity index (χ4v) is 3.94. The Labute approximate surface area is 159 Å². The zero-order chi connectivity index (χ0) is 18.8. The van der Waals surface area contributed by atoms with Crippen LogP contribution in [-0.4, -0.2) is 15.9 Å². The van der Waals surface area contributed by atoms with Crippen molar-refractivity contribution < 1.29 is 9.18 Å². The van der Waals surface area contributed by atoms with Crippen molar-refractivity contribution in [3.63, 3.8) is 0 Å². The van der Waals surface area contributed by atoms with Gasteiger partial charge in [0.1, 0.15) is 11.6 Å². The summed E-state index contributed by atoms with van der Waals surface area (Å²) in [5.74, 6) is 0.0633. The van der Waals surface area contributed by atoms with Crippen LogP contribution in [0.2, 0.25) is 0 Å². The lowest BCUT2D eigenvalue weighted by Gasteiger charge is -2.24. The number of aromatic nitrogens is 2. The van der Waals surface area contributed by atoms with E-state index in [2.05, 4.69) is 15.3 Å². The van der Waals surface area contributed by atoms with Gasteiger partial charge in [-0.25, -0.2) is 9.37 Å². The number of amides is 1. The topological polar surface area (TPSA) is 74.8 Å². The van der Waals surface area contributed by atoms with E-state index in [0.717, 1.165) is 11.1 Å². The number of thioether (sulfide) groups is 1. The second kappa shape index (κ2) is 7.36. The molecule has 4 rings (SSSR count). The number of nitrogens with one attached hydrogen (secondary N) is 2. The number of nitrogens with zero attached hydrogens (tertiary/aromatic N) is 1. The molecular weight excluding hydrogens is 365 g/mol. The number of carbonyl (C=O) groups excluding carboxylic acids is 1. The van der Waals surface area contributed by atoms with Crippen LogP contribution in [0.25, 0.3) is 0 Å². The zero-order valence-electron chi connectivity index (χ0n) is 14.2. The average molecular weight is 381 g/mol. The number of aromatic amines is 1. The van der Waals surface area contributed by atoms with Gasteiger partial charge in [-0.1, -0.05) is 54.2 Å². The molecule has 1 unspecified atom stereocenters. The van der Waals surface area contributed by atoms with Crippen molar-refractivity contribution in [2.75, 3.05) is 5.32 Å². The molecule has 0 bridgehead atoms. The fraction of sp³-hybridized carbons (Fsp3) is 0.150. The first-order valence-electron chi connectivity index (χ1n) is 8.46. The molecule has 1 amide bonds. The van der Waals surface area contributed by atoms with Crippen molar-refractivity contribution in [1.82, 2.24) is 9.97 Å². The molecule has 0 spiro atoms. The lowest BCUT2D eigenvalue weighted by atomic mass is 9.87. The minimum absolute atomic E-state index is 0.163. The molecule has 1 aliphatic heterocycles. The fourth-order valence-electron chi connectivity index (χ4n) is 3.12. The summed E-state index contributed by atoms with van der Waals surface area (Å²) < 4.78 is 13.0. The summed E-state index contributed by atoms with van der Waals surface area (Å²) in [4.78, 5) is 32.1. The summed E-state index contributed by atoms with van der Waals surface area (Å²) in [6.45, 7) is 0. The Bertz CT molecular complexity index is 1040. The van der Waals surface area contributed by atoms with Crippen molar-refractivity contribution in [2.45, 2.75) is 23.2 Å². The minimum atomic E-state index is -0.317. The summed E-state index contributed by atoms with van der Waals surface area (Å²) in [5, 5.41) is 3.13. The monoisotopic (exact) mass is 381 g/mol. The van der Waals surface area contributed by atoms with Gasteiger partial charge in [-0.15, -0.1) is 0 Å². The minimum Gasteiger partial charge on any atom is -0.310 e. The average Bonchev–Trinajstić information content (AvgIpc) is 2.67. The Hall–Kier alpha value is -2.93. The Balaban J connectivity index is 1.64. The maximum atomic E-state index is 13.0. The molecule has 2 heterocycles. The third kappa shape index (κ3) is 3.78. The molecule has 3 aromatic rings. The van der Waals surface area contributed by atoms with Crippen LogP contribution in [0.15, 0.2) is 64.5 Å². The van der Waals surface area contributed by atoms with Crippen molar-refractivity contribution in [3.05, 3.63) is 87.5 Å². The van der Waals surface area contributed by atoms with Gasteiger partial charge in [0.2, 0.25) is 5.91 Å². The maximum absolute atomic E-state index is 13.0. The van der Waals surface area contributed by atoms with Gasteiger partial charge in [-0.05, 0) is 23.3 Å². The smallest absolute Gasteiger partial charge is 0.257 e. The highest BCUT2D eigenvalue weighted by Crippen LogP contribution is 2.34. The van der Waals surface area contributed by atoms with Gasteiger partial charge in [-0.3, -0.25) is 9.59 Å². The third-order valence-corrected chi connectivity index (χ3v) is 5.36. The predicted molar refractivity (Wildman–Crippen MR) is 102 cm³/mol. The van der Waals surface area contributed by atoms with Crippen LogP contribution < -0.4 is 10.9 Å². The number of rotatable bonds is 4. The molecule has 5 nitrogen and oxygen atoms in total. The second-order valence-electron chi connectivity index (χ2n) is 6.26. The van der Waals surface area contributed by atoms with Gasteiger partial charge in [0.15, 0.2) is 5.16 Å². The van der Waals surface area contributed by atoms with Gasteiger partial charge in [0.25, 0.3) is 5.56 Å². The largest absolute Gasteiger partial charge is 0.310 e. The number of fused-ring (bicyclic) bond motifs is 1. The Morgan fingerprint density at radius 3 is 2.56 bits per heavy atom. The van der Waals surface area contributed by atoms with Crippen molar-refractivity contribution in [1.29, 1.82) is 0 Å². The lowest BCUT2D eigenvalue weighted by molar-refractivity contribution is -0.116. The van der Waals surface area contributed by atoms with Crippen LogP contribution in [0.4, 0.5) is 10.2 Å². The van der Waals surface area contributed by atoms with Crippen LogP contribution >= 0.6 is 11.8 Å². The third-order valence-electron chi connectivity index (χ3n) is 4.42. The standard InChI is InChI=1S/C20H16FN3O2S/c21-14-8-6-12(7-9-14)11-27-20-23-18-17(19(26)24-20)15(10-16(25)22-18)13-4-2-1-3-5-13/h1-9,15H,10-11H2,(H2,22,23,24,25,26). The van der Waals surface area contributed by atoms with E-state index in [0.29, 0.717) is 22.3 Å². The van der Waals surface area contributed by atoms with E-state index < -0.39 is 0 Å². The molecule has 0 radical (unpaired) electrons. The van der Waals surface area contributed by atoms with E-state index in [4.69, 9.17) is 0 Å². The van der Waals surface area contributed by atoms with E-state index in [-0.39, 0.29) is 29.6 Å². The number of carbonyl (C=O) groups is 1. The number of benzene rings is 2. The molecule has 136 valence electrons. The zero-order valence-corrected chi connectivity index (χ0v) is 15.1. The molecule has 1 aromatic heterocycles. The molecule has 2 N–H and O–H groups in total. The molecule has 7 heteroatoms. The van der Waals surface area contributed by atoms with E-state index >= 15 is 0 Å². The van der Waals surface area contributed by atoms with Crippen LogP contribution in [0, 0.1) is 5.82 Å². The molecule has 1 aliphatic rings. The molecular formula is C20H16FN3O2S. The molecule has 2 aromatic carbocycles. The Morgan fingerprint density at radius 2 is 1.81 bits per heavy atom. The highest BCUT2D eigenvalue weighted by molar-refractivity contribution is 7.98. The van der Waals surface area contributed by atoms with Gasteiger partial charge in [0.05, 0.1) is 5.56 Å². The molecule has 0 saturated heterocycles. The highest BCUT2D eigenvalue weighted by Gasteiger charge is 2.30. The summed E-state index contributed by atoms with van der Waals surface area (Å²) in [5.41, 5.74) is 2.04.